The van der Waals surface area contributed by atoms with Gasteiger partial charge in [0.25, 0.3) is 0 Å². The van der Waals surface area contributed by atoms with Crippen LogP contribution >= 0.6 is 0 Å². The third-order valence-corrected chi connectivity index (χ3v) is 4.44. The summed E-state index contributed by atoms with van der Waals surface area (Å²) in [5, 5.41) is 8.81. The first-order valence-corrected chi connectivity index (χ1v) is 7.68. The third-order valence-electron chi connectivity index (χ3n) is 4.44. The first kappa shape index (κ1) is 15.3. The number of carbonyl (C=O) groups is 2. The van der Waals surface area contributed by atoms with E-state index >= 15 is 0 Å². The Morgan fingerprint density at radius 2 is 2.05 bits per heavy atom. The first-order chi connectivity index (χ1) is 9.56. The van der Waals surface area contributed by atoms with Gasteiger partial charge in [-0.2, -0.15) is 0 Å². The van der Waals surface area contributed by atoms with E-state index in [9.17, 15) is 9.59 Å². The van der Waals surface area contributed by atoms with E-state index in [4.69, 9.17) is 9.84 Å². The molecule has 1 aliphatic carbocycles. The van der Waals surface area contributed by atoms with E-state index in [2.05, 4.69) is 0 Å². The van der Waals surface area contributed by atoms with Gasteiger partial charge in [0.15, 0.2) is 0 Å². The number of rotatable bonds is 5. The summed E-state index contributed by atoms with van der Waals surface area (Å²) in [6, 6.07) is 0. The second-order valence-corrected chi connectivity index (χ2v) is 6.16. The minimum absolute atomic E-state index is 0.0270. The van der Waals surface area contributed by atoms with Crippen molar-refractivity contribution in [2.45, 2.75) is 51.6 Å². The highest BCUT2D eigenvalue weighted by Gasteiger charge is 2.30. The minimum Gasteiger partial charge on any atom is -0.481 e. The fraction of sp³-hybridized carbons (Fsp3) is 0.867. The van der Waals surface area contributed by atoms with Crippen LogP contribution in [0.15, 0.2) is 0 Å². The van der Waals surface area contributed by atoms with Crippen LogP contribution in [0.25, 0.3) is 0 Å². The molecule has 1 aliphatic heterocycles. The first-order valence-electron chi connectivity index (χ1n) is 7.68. The second kappa shape index (κ2) is 7.07. The number of carboxylic acids is 1. The van der Waals surface area contributed by atoms with Crippen molar-refractivity contribution in [3.05, 3.63) is 0 Å². The van der Waals surface area contributed by atoms with Crippen molar-refractivity contribution in [1.29, 1.82) is 0 Å². The predicted octanol–water partition coefficient (Wildman–Crippen LogP) is 1.90. The van der Waals surface area contributed by atoms with Crippen LogP contribution in [0.5, 0.6) is 0 Å². The molecule has 5 nitrogen and oxygen atoms in total. The summed E-state index contributed by atoms with van der Waals surface area (Å²) < 4.78 is 5.41. The zero-order chi connectivity index (χ0) is 14.5. The highest BCUT2D eigenvalue weighted by molar-refractivity contribution is 5.78. The maximum Gasteiger partial charge on any atom is 0.306 e. The molecule has 0 aromatic rings. The van der Waals surface area contributed by atoms with Gasteiger partial charge in [0.2, 0.25) is 5.91 Å². The maximum absolute atomic E-state index is 12.4. The molecule has 2 aliphatic rings. The Kier molecular flexibility index (Phi) is 5.40. The third kappa shape index (κ3) is 4.20. The summed E-state index contributed by atoms with van der Waals surface area (Å²) in [6.45, 7) is 3.45. The van der Waals surface area contributed by atoms with Crippen LogP contribution in [0.4, 0.5) is 0 Å². The van der Waals surface area contributed by atoms with Gasteiger partial charge in [-0.25, -0.2) is 0 Å². The Labute approximate surface area is 120 Å². The van der Waals surface area contributed by atoms with Gasteiger partial charge in [-0.3, -0.25) is 9.59 Å². The van der Waals surface area contributed by atoms with Gasteiger partial charge >= 0.3 is 5.97 Å². The highest BCUT2D eigenvalue weighted by atomic mass is 16.5. The number of amides is 1. The Hall–Kier alpha value is -1.10. The van der Waals surface area contributed by atoms with Crippen molar-refractivity contribution in [2.75, 3.05) is 19.7 Å². The van der Waals surface area contributed by atoms with E-state index in [1.54, 1.807) is 4.90 Å². The molecule has 20 heavy (non-hydrogen) atoms. The summed E-state index contributed by atoms with van der Waals surface area (Å²) in [6.07, 6.45) is 5.68. The van der Waals surface area contributed by atoms with Crippen molar-refractivity contribution in [1.82, 2.24) is 4.90 Å². The topological polar surface area (TPSA) is 66.8 Å². The van der Waals surface area contributed by atoms with Crippen LogP contribution in [-0.4, -0.2) is 47.7 Å². The number of morpholine rings is 1. The maximum atomic E-state index is 12.4. The average molecular weight is 283 g/mol. The molecule has 2 fully saturated rings. The Bertz CT molecular complexity index is 352. The monoisotopic (exact) mass is 283 g/mol. The van der Waals surface area contributed by atoms with Gasteiger partial charge in [-0.15, -0.1) is 0 Å². The smallest absolute Gasteiger partial charge is 0.306 e. The van der Waals surface area contributed by atoms with Gasteiger partial charge < -0.3 is 14.7 Å². The Morgan fingerprint density at radius 3 is 2.70 bits per heavy atom. The molecule has 0 aromatic heterocycles. The van der Waals surface area contributed by atoms with Crippen molar-refractivity contribution in [2.24, 2.45) is 11.8 Å². The second-order valence-electron chi connectivity index (χ2n) is 6.16. The van der Waals surface area contributed by atoms with Crippen LogP contribution < -0.4 is 0 Å². The van der Waals surface area contributed by atoms with Crippen LogP contribution in [0.1, 0.15) is 45.4 Å². The summed E-state index contributed by atoms with van der Waals surface area (Å²) in [7, 11) is 0. The van der Waals surface area contributed by atoms with Gasteiger partial charge in [-0.05, 0) is 12.3 Å². The zero-order valence-electron chi connectivity index (χ0n) is 12.2. The summed E-state index contributed by atoms with van der Waals surface area (Å²) in [4.78, 5) is 25.0. The molecule has 1 heterocycles. The molecule has 5 heteroatoms. The fourth-order valence-corrected chi connectivity index (χ4v) is 3.40. The van der Waals surface area contributed by atoms with Crippen molar-refractivity contribution in [3.63, 3.8) is 0 Å². The van der Waals surface area contributed by atoms with E-state index in [1.807, 2.05) is 6.92 Å². The molecule has 1 amide bonds. The number of aliphatic carboxylic acids is 1. The number of carbonyl (C=O) groups excluding carboxylic acids is 1. The zero-order valence-corrected chi connectivity index (χ0v) is 12.2. The lowest BCUT2D eigenvalue weighted by atomic mass is 9.93. The van der Waals surface area contributed by atoms with E-state index in [0.717, 1.165) is 6.42 Å². The number of carboxylic acid groups (broad SMARTS) is 1. The van der Waals surface area contributed by atoms with Crippen LogP contribution in [0.2, 0.25) is 0 Å². The number of ether oxygens (including phenoxy) is 1. The number of nitrogens with zero attached hydrogens (tertiary/aromatic N) is 1. The van der Waals surface area contributed by atoms with Crippen molar-refractivity contribution < 1.29 is 19.4 Å². The normalized spacial score (nSPS) is 25.6. The summed E-state index contributed by atoms with van der Waals surface area (Å²) in [5.74, 6) is 0.0328. The molecule has 0 aromatic carbocycles. The van der Waals surface area contributed by atoms with Gasteiger partial charge in [-0.1, -0.05) is 32.6 Å². The Balaban J connectivity index is 1.82. The lowest BCUT2D eigenvalue weighted by Crippen LogP contribution is -2.48. The predicted molar refractivity (Wildman–Crippen MR) is 74.3 cm³/mol. The van der Waals surface area contributed by atoms with E-state index in [1.165, 1.54) is 25.7 Å². The van der Waals surface area contributed by atoms with Crippen LogP contribution in [-0.2, 0) is 14.3 Å². The molecular weight excluding hydrogens is 258 g/mol. The quantitative estimate of drug-likeness (QED) is 0.837. The molecule has 0 radical (unpaired) electrons. The largest absolute Gasteiger partial charge is 0.481 e. The molecule has 1 saturated heterocycles. The molecule has 2 atom stereocenters. The van der Waals surface area contributed by atoms with Gasteiger partial charge in [0.1, 0.15) is 0 Å². The fourth-order valence-electron chi connectivity index (χ4n) is 3.40. The Morgan fingerprint density at radius 1 is 1.35 bits per heavy atom. The molecule has 0 bridgehead atoms. The van der Waals surface area contributed by atoms with E-state index in [0.29, 0.717) is 25.6 Å². The van der Waals surface area contributed by atoms with Crippen LogP contribution in [0, 0.1) is 11.8 Å². The lowest BCUT2D eigenvalue weighted by molar-refractivity contribution is -0.149. The van der Waals surface area contributed by atoms with Crippen LogP contribution in [0.3, 0.4) is 0 Å². The molecular formula is C15H25NO4. The van der Waals surface area contributed by atoms with E-state index < -0.39 is 5.97 Å². The summed E-state index contributed by atoms with van der Waals surface area (Å²) in [5.41, 5.74) is 0. The average Bonchev–Trinajstić information content (AvgIpc) is 2.90. The SMILES string of the molecule is CC(CC1CCCC1)C(=O)N1CCOC(CC(=O)O)C1. The molecule has 2 rings (SSSR count). The number of hydrogen-bond acceptors (Lipinski definition) is 3. The molecule has 1 saturated carbocycles. The van der Waals surface area contributed by atoms with Crippen molar-refractivity contribution >= 4 is 11.9 Å². The highest BCUT2D eigenvalue weighted by Crippen LogP contribution is 2.31. The van der Waals surface area contributed by atoms with Crippen molar-refractivity contribution in [3.8, 4) is 0 Å². The molecule has 114 valence electrons. The minimum atomic E-state index is -0.872. The van der Waals surface area contributed by atoms with Gasteiger partial charge in [0.05, 0.1) is 19.1 Å². The lowest BCUT2D eigenvalue weighted by Gasteiger charge is -2.34. The summed E-state index contributed by atoms with van der Waals surface area (Å²) >= 11 is 0. The standard InChI is InChI=1S/C15H25NO4/c1-11(8-12-4-2-3-5-12)15(19)16-6-7-20-13(10-16)9-14(17)18/h11-13H,2-10H2,1H3,(H,17,18). The number of hydrogen-bond donors (Lipinski definition) is 1. The molecule has 2 unspecified atom stereocenters. The molecule has 0 spiro atoms. The molecule has 1 N–H and O–H groups in total. The van der Waals surface area contributed by atoms with Gasteiger partial charge in [0, 0.05) is 19.0 Å². The van der Waals surface area contributed by atoms with E-state index in [-0.39, 0.29) is 24.3 Å².